The van der Waals surface area contributed by atoms with E-state index in [9.17, 15) is 9.59 Å². The lowest BCUT2D eigenvalue weighted by Gasteiger charge is -2.26. The Morgan fingerprint density at radius 1 is 1.08 bits per heavy atom. The fourth-order valence-corrected chi connectivity index (χ4v) is 3.01. The predicted molar refractivity (Wildman–Crippen MR) is 97.5 cm³/mol. The van der Waals surface area contributed by atoms with Crippen LogP contribution in [0.3, 0.4) is 0 Å². The van der Waals surface area contributed by atoms with E-state index in [0.717, 1.165) is 4.90 Å². The van der Waals surface area contributed by atoms with Crippen LogP contribution in [0.5, 0.6) is 11.5 Å². The van der Waals surface area contributed by atoms with Gasteiger partial charge >= 0.3 is 5.97 Å². The molecule has 1 atom stereocenters. The Hall–Kier alpha value is -2.67. The van der Waals surface area contributed by atoms with Crippen molar-refractivity contribution in [3.8, 4) is 11.5 Å². The van der Waals surface area contributed by atoms with E-state index in [-0.39, 0.29) is 30.9 Å². The van der Waals surface area contributed by atoms with Crippen LogP contribution in [-0.2, 0) is 14.3 Å². The van der Waals surface area contributed by atoms with Crippen LogP contribution in [-0.4, -0.2) is 43.5 Å². The number of ether oxygens (including phenoxy) is 3. The van der Waals surface area contributed by atoms with E-state index in [1.807, 2.05) is 54.6 Å². The Balaban J connectivity index is 1.32. The fraction of sp³-hybridized carbons (Fsp3) is 0.263. The summed E-state index contributed by atoms with van der Waals surface area (Å²) in [6.45, 7) is 0.326. The number of rotatable bonds is 7. The van der Waals surface area contributed by atoms with Crippen molar-refractivity contribution in [3.05, 3.63) is 54.6 Å². The van der Waals surface area contributed by atoms with Gasteiger partial charge in [-0.05, 0) is 24.3 Å². The average Bonchev–Trinajstić information content (AvgIpc) is 2.69. The van der Waals surface area contributed by atoms with Gasteiger partial charge in [0.1, 0.15) is 12.7 Å². The summed E-state index contributed by atoms with van der Waals surface area (Å²) in [5.41, 5.74) is 0. The first-order chi connectivity index (χ1) is 12.7. The Kier molecular flexibility index (Phi) is 6.38. The SMILES string of the molecule is O=C(COC(=O)CSc1ccccc1)NC[C@@H]1COc2ccccc2O1. The van der Waals surface area contributed by atoms with Gasteiger partial charge in [0, 0.05) is 4.90 Å². The number of nitrogens with one attached hydrogen (secondary N) is 1. The number of hydrogen-bond donors (Lipinski definition) is 1. The molecule has 26 heavy (non-hydrogen) atoms. The molecule has 0 unspecified atom stereocenters. The van der Waals surface area contributed by atoms with E-state index in [0.29, 0.717) is 18.1 Å². The highest BCUT2D eigenvalue weighted by Crippen LogP contribution is 2.30. The predicted octanol–water partition coefficient (Wildman–Crippen LogP) is 2.28. The van der Waals surface area contributed by atoms with Gasteiger partial charge in [-0.15, -0.1) is 11.8 Å². The second-order valence-electron chi connectivity index (χ2n) is 5.56. The summed E-state index contributed by atoms with van der Waals surface area (Å²) in [5.74, 6) is 0.709. The quantitative estimate of drug-likeness (QED) is 0.593. The third-order valence-corrected chi connectivity index (χ3v) is 4.54. The van der Waals surface area contributed by atoms with E-state index in [1.54, 1.807) is 0 Å². The molecule has 7 heteroatoms. The number of hydrogen-bond acceptors (Lipinski definition) is 6. The molecular weight excluding hydrogens is 354 g/mol. The van der Waals surface area contributed by atoms with E-state index in [4.69, 9.17) is 14.2 Å². The molecule has 2 aromatic rings. The van der Waals surface area contributed by atoms with E-state index in [1.165, 1.54) is 11.8 Å². The van der Waals surface area contributed by atoms with Crippen LogP contribution in [0.4, 0.5) is 0 Å². The van der Waals surface area contributed by atoms with Gasteiger partial charge in [-0.2, -0.15) is 0 Å². The normalized spacial score (nSPS) is 15.2. The van der Waals surface area contributed by atoms with Gasteiger partial charge in [0.25, 0.3) is 5.91 Å². The Labute approximate surface area is 155 Å². The van der Waals surface area contributed by atoms with Crippen molar-refractivity contribution in [2.24, 2.45) is 0 Å². The highest BCUT2D eigenvalue weighted by Gasteiger charge is 2.21. The lowest BCUT2D eigenvalue weighted by molar-refractivity contribution is -0.146. The fourth-order valence-electron chi connectivity index (χ4n) is 2.29. The van der Waals surface area contributed by atoms with Gasteiger partial charge in [-0.3, -0.25) is 9.59 Å². The third kappa shape index (κ3) is 5.42. The number of thioether (sulfide) groups is 1. The lowest BCUT2D eigenvalue weighted by atomic mass is 10.2. The number of esters is 1. The molecule has 6 nitrogen and oxygen atoms in total. The van der Waals surface area contributed by atoms with Crippen LogP contribution in [0.2, 0.25) is 0 Å². The lowest BCUT2D eigenvalue weighted by Crippen LogP contribution is -2.42. The van der Waals surface area contributed by atoms with Crippen molar-refractivity contribution < 1.29 is 23.8 Å². The van der Waals surface area contributed by atoms with E-state index in [2.05, 4.69) is 5.32 Å². The number of fused-ring (bicyclic) bond motifs is 1. The second kappa shape index (κ2) is 9.15. The minimum absolute atomic E-state index is 0.160. The van der Waals surface area contributed by atoms with Crippen LogP contribution < -0.4 is 14.8 Å². The Morgan fingerprint density at radius 2 is 1.81 bits per heavy atom. The van der Waals surface area contributed by atoms with Crippen LogP contribution in [0, 0.1) is 0 Å². The summed E-state index contributed by atoms with van der Waals surface area (Å²) in [7, 11) is 0. The molecule has 0 spiro atoms. The maximum absolute atomic E-state index is 11.8. The molecule has 0 bridgehead atoms. The Bertz CT molecular complexity index is 753. The molecule has 136 valence electrons. The molecule has 1 aliphatic heterocycles. The standard InChI is InChI=1S/C19H19NO5S/c21-18(12-24-19(22)13-26-15-6-2-1-3-7-15)20-10-14-11-23-16-8-4-5-9-17(16)25-14/h1-9,14H,10-13H2,(H,20,21)/t14-/m1/s1. The first-order valence-electron chi connectivity index (χ1n) is 8.19. The summed E-state index contributed by atoms with van der Waals surface area (Å²) in [4.78, 5) is 24.5. The number of amides is 1. The summed E-state index contributed by atoms with van der Waals surface area (Å²) in [6.07, 6.45) is -0.279. The molecule has 0 radical (unpaired) electrons. The van der Waals surface area contributed by atoms with Gasteiger partial charge < -0.3 is 19.5 Å². The number of para-hydroxylation sites is 2. The number of carbonyl (C=O) groups excluding carboxylic acids is 2. The summed E-state index contributed by atoms with van der Waals surface area (Å²) < 4.78 is 16.3. The van der Waals surface area contributed by atoms with Gasteiger partial charge in [0.05, 0.1) is 12.3 Å². The zero-order valence-corrected chi connectivity index (χ0v) is 14.9. The zero-order valence-electron chi connectivity index (χ0n) is 14.1. The van der Waals surface area contributed by atoms with Crippen LogP contribution in [0.15, 0.2) is 59.5 Å². The van der Waals surface area contributed by atoms with Crippen LogP contribution in [0.25, 0.3) is 0 Å². The topological polar surface area (TPSA) is 73.9 Å². The molecule has 2 aromatic carbocycles. The summed E-state index contributed by atoms with van der Waals surface area (Å²) in [5, 5.41) is 2.68. The monoisotopic (exact) mass is 373 g/mol. The van der Waals surface area contributed by atoms with Crippen molar-refractivity contribution in [2.75, 3.05) is 25.5 Å². The van der Waals surface area contributed by atoms with E-state index < -0.39 is 5.97 Å². The zero-order chi connectivity index (χ0) is 18.2. The molecular formula is C19H19NO5S. The smallest absolute Gasteiger partial charge is 0.316 e. The molecule has 0 aliphatic carbocycles. The molecule has 0 saturated carbocycles. The van der Waals surface area contributed by atoms with Gasteiger partial charge in [0.15, 0.2) is 18.1 Å². The molecule has 1 heterocycles. The van der Waals surface area contributed by atoms with Gasteiger partial charge in [-0.1, -0.05) is 30.3 Å². The number of carbonyl (C=O) groups is 2. The molecule has 0 fully saturated rings. The molecule has 1 N–H and O–H groups in total. The molecule has 0 aromatic heterocycles. The van der Waals surface area contributed by atoms with Crippen molar-refractivity contribution in [1.29, 1.82) is 0 Å². The first-order valence-corrected chi connectivity index (χ1v) is 9.18. The Morgan fingerprint density at radius 3 is 2.62 bits per heavy atom. The highest BCUT2D eigenvalue weighted by atomic mass is 32.2. The van der Waals surface area contributed by atoms with Gasteiger partial charge in [0.2, 0.25) is 0 Å². The molecule has 1 aliphatic rings. The minimum atomic E-state index is -0.430. The van der Waals surface area contributed by atoms with E-state index >= 15 is 0 Å². The highest BCUT2D eigenvalue weighted by molar-refractivity contribution is 8.00. The van der Waals surface area contributed by atoms with Crippen molar-refractivity contribution >= 4 is 23.6 Å². The van der Waals surface area contributed by atoms with Gasteiger partial charge in [-0.25, -0.2) is 0 Å². The summed E-state index contributed by atoms with van der Waals surface area (Å²) >= 11 is 1.37. The molecule has 3 rings (SSSR count). The maximum Gasteiger partial charge on any atom is 0.316 e. The largest absolute Gasteiger partial charge is 0.486 e. The van der Waals surface area contributed by atoms with Crippen molar-refractivity contribution in [3.63, 3.8) is 0 Å². The second-order valence-corrected chi connectivity index (χ2v) is 6.61. The summed E-state index contributed by atoms with van der Waals surface area (Å²) in [6, 6.07) is 16.9. The molecule has 0 saturated heterocycles. The van der Waals surface area contributed by atoms with Crippen molar-refractivity contribution in [2.45, 2.75) is 11.0 Å². The first kappa shape index (κ1) is 18.1. The van der Waals surface area contributed by atoms with Crippen LogP contribution in [0.1, 0.15) is 0 Å². The third-order valence-electron chi connectivity index (χ3n) is 3.56. The average molecular weight is 373 g/mol. The number of benzene rings is 2. The minimum Gasteiger partial charge on any atom is -0.486 e. The van der Waals surface area contributed by atoms with Crippen LogP contribution >= 0.6 is 11.8 Å². The maximum atomic E-state index is 11.8. The van der Waals surface area contributed by atoms with Crippen molar-refractivity contribution in [1.82, 2.24) is 5.32 Å². The molecule has 1 amide bonds.